The van der Waals surface area contributed by atoms with E-state index in [0.717, 1.165) is 0 Å². The third kappa shape index (κ3) is 2.11. The van der Waals surface area contributed by atoms with E-state index in [0.29, 0.717) is 11.1 Å². The van der Waals surface area contributed by atoms with Gasteiger partial charge >= 0.3 is 0 Å². The normalized spacial score (nSPS) is 13.7. The van der Waals surface area contributed by atoms with Gasteiger partial charge < -0.3 is 10.2 Å². The molecule has 0 aliphatic rings. The average molecular weight is 187 g/mol. The number of hydrogen-bond acceptors (Lipinski definition) is 3. The smallest absolute Gasteiger partial charge is 0.170 e. The van der Waals surface area contributed by atoms with Gasteiger partial charge in [-0.15, -0.1) is 6.42 Å². The Hall–Kier alpha value is -1.81. The molecule has 0 saturated carbocycles. The van der Waals surface area contributed by atoms with Crippen molar-refractivity contribution in [3.05, 3.63) is 35.4 Å². The molecular weight excluding hydrogens is 178 g/mol. The predicted molar refractivity (Wildman–Crippen MR) is 51.0 cm³/mol. The number of rotatable bonds is 2. The topological polar surface area (TPSA) is 64.2 Å². The summed E-state index contributed by atoms with van der Waals surface area (Å²) in [5, 5.41) is 26.9. The fourth-order valence-corrected chi connectivity index (χ4v) is 1.07. The zero-order chi connectivity index (χ0) is 10.6. The molecule has 0 amide bonds. The summed E-state index contributed by atoms with van der Waals surface area (Å²) in [6, 6.07) is 8.09. The fraction of sp³-hybridized carbons (Fsp3) is 0.182. The Bertz CT molecular complexity index is 400. The summed E-state index contributed by atoms with van der Waals surface area (Å²) in [6.07, 6.45) is 2.53. The van der Waals surface area contributed by atoms with Gasteiger partial charge in [0, 0.05) is 5.56 Å². The van der Waals surface area contributed by atoms with E-state index in [1.165, 1.54) is 0 Å². The predicted octanol–water partition coefficient (Wildman–Crippen LogP) is 0.586. The highest BCUT2D eigenvalue weighted by atomic mass is 16.3. The average Bonchev–Trinajstić information content (AvgIpc) is 2.27. The van der Waals surface area contributed by atoms with Crippen molar-refractivity contribution in [1.29, 1.82) is 5.26 Å². The molecule has 0 heterocycles. The van der Waals surface area contributed by atoms with E-state index < -0.39 is 12.2 Å². The molecular formula is C11H9NO2. The van der Waals surface area contributed by atoms with Crippen molar-refractivity contribution in [1.82, 2.24) is 0 Å². The van der Waals surface area contributed by atoms with Crippen LogP contribution < -0.4 is 0 Å². The van der Waals surface area contributed by atoms with Crippen LogP contribution in [0.25, 0.3) is 0 Å². The molecule has 0 bridgehead atoms. The van der Waals surface area contributed by atoms with Crippen LogP contribution in [0.15, 0.2) is 24.3 Å². The lowest BCUT2D eigenvalue weighted by Gasteiger charge is -2.11. The monoisotopic (exact) mass is 187 g/mol. The van der Waals surface area contributed by atoms with Gasteiger partial charge in [0.05, 0.1) is 6.07 Å². The summed E-state index contributed by atoms with van der Waals surface area (Å²) in [4.78, 5) is 0. The number of nitriles is 1. The molecule has 0 aliphatic heterocycles. The van der Waals surface area contributed by atoms with Crippen LogP contribution in [0.5, 0.6) is 0 Å². The van der Waals surface area contributed by atoms with Crippen LogP contribution in [0.2, 0.25) is 0 Å². The molecule has 0 fully saturated rings. The summed E-state index contributed by atoms with van der Waals surface area (Å²) in [5.74, 6) is 2.40. The second kappa shape index (κ2) is 4.43. The second-order valence-electron chi connectivity index (χ2n) is 2.79. The Morgan fingerprint density at radius 3 is 2.64 bits per heavy atom. The van der Waals surface area contributed by atoms with Gasteiger partial charge in [0.15, 0.2) is 6.10 Å². The number of aliphatic hydroxyl groups is 2. The fourth-order valence-electron chi connectivity index (χ4n) is 1.07. The Kier molecular flexibility index (Phi) is 3.25. The maximum absolute atomic E-state index is 9.47. The number of benzene rings is 1. The summed E-state index contributed by atoms with van der Waals surface area (Å²) >= 11 is 0. The van der Waals surface area contributed by atoms with E-state index in [9.17, 15) is 5.11 Å². The van der Waals surface area contributed by atoms with Gasteiger partial charge in [0.25, 0.3) is 0 Å². The molecule has 0 aliphatic carbocycles. The summed E-state index contributed by atoms with van der Waals surface area (Å²) in [5.41, 5.74) is 1.04. The Balaban J connectivity index is 2.98. The van der Waals surface area contributed by atoms with Crippen LogP contribution in [0.4, 0.5) is 0 Å². The van der Waals surface area contributed by atoms with Crippen LogP contribution in [-0.2, 0) is 0 Å². The van der Waals surface area contributed by atoms with Crippen molar-refractivity contribution >= 4 is 0 Å². The van der Waals surface area contributed by atoms with E-state index in [-0.39, 0.29) is 0 Å². The minimum atomic E-state index is -1.43. The third-order valence-corrected chi connectivity index (χ3v) is 1.83. The molecule has 3 nitrogen and oxygen atoms in total. The van der Waals surface area contributed by atoms with Crippen molar-refractivity contribution in [3.63, 3.8) is 0 Å². The van der Waals surface area contributed by atoms with Crippen molar-refractivity contribution in [2.24, 2.45) is 0 Å². The highest BCUT2D eigenvalue weighted by Gasteiger charge is 2.17. The van der Waals surface area contributed by atoms with Gasteiger partial charge in [-0.3, -0.25) is 0 Å². The quantitative estimate of drug-likeness (QED) is 0.526. The van der Waals surface area contributed by atoms with Crippen LogP contribution in [0, 0.1) is 23.7 Å². The molecule has 70 valence electrons. The zero-order valence-electron chi connectivity index (χ0n) is 7.38. The van der Waals surface area contributed by atoms with Crippen molar-refractivity contribution < 1.29 is 10.2 Å². The second-order valence-corrected chi connectivity index (χ2v) is 2.79. The standard InChI is InChI=1S/C11H9NO2/c1-2-8-4-3-5-9(6-8)11(14)10(13)7-12/h1,3-6,10-11,13-14H. The molecule has 1 rings (SSSR count). The van der Waals surface area contributed by atoms with Crippen molar-refractivity contribution in [2.45, 2.75) is 12.2 Å². The van der Waals surface area contributed by atoms with Gasteiger partial charge in [-0.25, -0.2) is 0 Å². The molecule has 14 heavy (non-hydrogen) atoms. The number of aliphatic hydroxyl groups excluding tert-OH is 2. The third-order valence-electron chi connectivity index (χ3n) is 1.83. The maximum atomic E-state index is 9.47. The molecule has 2 N–H and O–H groups in total. The highest BCUT2D eigenvalue weighted by Crippen LogP contribution is 2.17. The van der Waals surface area contributed by atoms with Crippen molar-refractivity contribution in [2.75, 3.05) is 0 Å². The van der Waals surface area contributed by atoms with Crippen LogP contribution in [0.3, 0.4) is 0 Å². The lowest BCUT2D eigenvalue weighted by atomic mass is 10.0. The minimum absolute atomic E-state index is 0.439. The molecule has 0 spiro atoms. The van der Waals surface area contributed by atoms with E-state index >= 15 is 0 Å². The largest absolute Gasteiger partial charge is 0.385 e. The summed E-state index contributed by atoms with van der Waals surface area (Å²) in [7, 11) is 0. The van der Waals surface area contributed by atoms with Gasteiger partial charge in [-0.05, 0) is 17.7 Å². The van der Waals surface area contributed by atoms with Gasteiger partial charge in [0.1, 0.15) is 6.10 Å². The van der Waals surface area contributed by atoms with Crippen molar-refractivity contribution in [3.8, 4) is 18.4 Å². The first-order valence-corrected chi connectivity index (χ1v) is 4.01. The van der Waals surface area contributed by atoms with Gasteiger partial charge in [-0.2, -0.15) is 5.26 Å². The molecule has 2 atom stereocenters. The highest BCUT2D eigenvalue weighted by molar-refractivity contribution is 5.36. The Morgan fingerprint density at radius 1 is 1.36 bits per heavy atom. The van der Waals surface area contributed by atoms with Crippen LogP contribution in [0.1, 0.15) is 17.2 Å². The summed E-state index contributed by atoms with van der Waals surface area (Å²) in [6.45, 7) is 0. The molecule has 0 radical (unpaired) electrons. The first-order valence-electron chi connectivity index (χ1n) is 4.01. The molecule has 1 aromatic rings. The summed E-state index contributed by atoms with van der Waals surface area (Å²) < 4.78 is 0. The van der Waals surface area contributed by atoms with Gasteiger partial charge in [-0.1, -0.05) is 18.1 Å². The molecule has 2 unspecified atom stereocenters. The zero-order valence-corrected chi connectivity index (χ0v) is 7.38. The number of nitrogens with zero attached hydrogens (tertiary/aromatic N) is 1. The molecule has 0 saturated heterocycles. The van der Waals surface area contributed by atoms with E-state index in [1.54, 1.807) is 30.3 Å². The molecule has 0 aromatic heterocycles. The Labute approximate surface area is 82.2 Å². The molecule has 1 aromatic carbocycles. The maximum Gasteiger partial charge on any atom is 0.170 e. The van der Waals surface area contributed by atoms with E-state index in [1.807, 2.05) is 0 Å². The van der Waals surface area contributed by atoms with Crippen LogP contribution in [-0.4, -0.2) is 16.3 Å². The lowest BCUT2D eigenvalue weighted by molar-refractivity contribution is 0.0528. The van der Waals surface area contributed by atoms with E-state index in [4.69, 9.17) is 16.8 Å². The minimum Gasteiger partial charge on any atom is -0.385 e. The van der Waals surface area contributed by atoms with Gasteiger partial charge in [0.2, 0.25) is 0 Å². The number of terminal acetylenes is 1. The molecule has 3 heteroatoms. The lowest BCUT2D eigenvalue weighted by Crippen LogP contribution is -2.15. The first kappa shape index (κ1) is 10.3. The SMILES string of the molecule is C#Cc1cccc(C(O)C(O)C#N)c1. The van der Waals surface area contributed by atoms with Crippen LogP contribution >= 0.6 is 0 Å². The first-order chi connectivity index (χ1) is 6.69. The number of hydrogen-bond donors (Lipinski definition) is 2. The van der Waals surface area contributed by atoms with E-state index in [2.05, 4.69) is 5.92 Å². The Morgan fingerprint density at radius 2 is 2.07 bits per heavy atom.